The van der Waals surface area contributed by atoms with E-state index in [1.165, 1.54) is 24.3 Å². The van der Waals surface area contributed by atoms with E-state index in [1.54, 1.807) is 0 Å². The van der Waals surface area contributed by atoms with Crippen LogP contribution in [0.5, 0.6) is 5.75 Å². The van der Waals surface area contributed by atoms with E-state index in [0.29, 0.717) is 5.56 Å². The van der Waals surface area contributed by atoms with Gasteiger partial charge in [-0.15, -0.1) is 12.4 Å². The lowest BCUT2D eigenvalue weighted by Crippen LogP contribution is -2.18. The van der Waals surface area contributed by atoms with Crippen LogP contribution in [0.15, 0.2) is 24.3 Å². The van der Waals surface area contributed by atoms with Crippen LogP contribution in [0.25, 0.3) is 0 Å². The molecule has 74 valence electrons. The maximum Gasteiger partial charge on any atom is 0.257 e. The van der Waals surface area contributed by atoms with E-state index in [-0.39, 0.29) is 18.2 Å². The number of benzene rings is 1. The smallest absolute Gasteiger partial charge is 0.257 e. The van der Waals surface area contributed by atoms with Crippen LogP contribution in [0, 0.1) is 0 Å². The molecule has 0 bridgehead atoms. The van der Waals surface area contributed by atoms with Gasteiger partial charge in [-0.25, -0.2) is 8.78 Å². The maximum atomic E-state index is 12.0. The molecule has 1 aromatic carbocycles. The fourth-order valence-electron chi connectivity index (χ4n) is 0.842. The van der Waals surface area contributed by atoms with Crippen molar-refractivity contribution in [1.82, 2.24) is 0 Å². The third-order valence-corrected chi connectivity index (χ3v) is 1.55. The summed E-state index contributed by atoms with van der Waals surface area (Å²) >= 11 is 0. The lowest BCUT2D eigenvalue weighted by Gasteiger charge is -2.09. The lowest BCUT2D eigenvalue weighted by atomic mass is 10.1. The van der Waals surface area contributed by atoms with Gasteiger partial charge in [0.05, 0.1) is 6.04 Å². The summed E-state index contributed by atoms with van der Waals surface area (Å²) in [6, 6.07) is 4.15. The van der Waals surface area contributed by atoms with Gasteiger partial charge >= 0.3 is 0 Å². The van der Waals surface area contributed by atoms with Gasteiger partial charge in [0, 0.05) is 0 Å². The molecule has 1 aromatic rings. The second kappa shape index (κ2) is 4.99. The molecule has 0 aliphatic carbocycles. The second-order valence-corrected chi connectivity index (χ2v) is 2.45. The SMILES string of the molecule is Cl.N[C@H](c1ccc(O)cc1)C(F)F. The number of phenols is 1. The minimum absolute atomic E-state index is 0. The summed E-state index contributed by atoms with van der Waals surface area (Å²) in [5.74, 6) is 0.0419. The Labute approximate surface area is 80.8 Å². The van der Waals surface area contributed by atoms with E-state index >= 15 is 0 Å². The van der Waals surface area contributed by atoms with Gasteiger partial charge in [0.15, 0.2) is 0 Å². The summed E-state index contributed by atoms with van der Waals surface area (Å²) in [5, 5.41) is 8.85. The minimum atomic E-state index is -2.57. The molecule has 0 aliphatic heterocycles. The Hall–Kier alpha value is -0.870. The quantitative estimate of drug-likeness (QED) is 0.784. The standard InChI is InChI=1S/C8H9F2NO.ClH/c9-8(10)7(11)5-1-3-6(12)4-2-5;/h1-4,7-8,12H,11H2;1H/t7-;/m1./s1. The van der Waals surface area contributed by atoms with Crippen molar-refractivity contribution in [2.45, 2.75) is 12.5 Å². The zero-order valence-electron chi connectivity index (χ0n) is 6.65. The van der Waals surface area contributed by atoms with Crippen LogP contribution in [0.2, 0.25) is 0 Å². The highest BCUT2D eigenvalue weighted by Gasteiger charge is 2.16. The number of hydrogen-bond donors (Lipinski definition) is 2. The molecule has 0 unspecified atom stereocenters. The van der Waals surface area contributed by atoms with Gasteiger partial charge in [0.1, 0.15) is 5.75 Å². The molecule has 3 N–H and O–H groups in total. The van der Waals surface area contributed by atoms with Crippen LogP contribution >= 0.6 is 12.4 Å². The van der Waals surface area contributed by atoms with Gasteiger partial charge in [0.25, 0.3) is 6.43 Å². The summed E-state index contributed by atoms with van der Waals surface area (Å²) in [5.41, 5.74) is 5.48. The molecule has 5 heteroatoms. The fraction of sp³-hybridized carbons (Fsp3) is 0.250. The summed E-state index contributed by atoms with van der Waals surface area (Å²) in [4.78, 5) is 0. The monoisotopic (exact) mass is 209 g/mol. The number of alkyl halides is 2. The third-order valence-electron chi connectivity index (χ3n) is 1.55. The van der Waals surface area contributed by atoms with E-state index in [1.807, 2.05) is 0 Å². The van der Waals surface area contributed by atoms with E-state index in [9.17, 15) is 8.78 Å². The number of nitrogens with two attached hydrogens (primary N) is 1. The van der Waals surface area contributed by atoms with E-state index in [4.69, 9.17) is 10.8 Å². The Kier molecular flexibility index (Phi) is 4.66. The molecule has 0 spiro atoms. The van der Waals surface area contributed by atoms with Crippen LogP contribution < -0.4 is 5.73 Å². The van der Waals surface area contributed by atoms with Crippen LogP contribution in [-0.2, 0) is 0 Å². The van der Waals surface area contributed by atoms with Crippen molar-refractivity contribution < 1.29 is 13.9 Å². The normalized spacial score (nSPS) is 12.3. The molecule has 0 aliphatic rings. The van der Waals surface area contributed by atoms with E-state index in [2.05, 4.69) is 0 Å². The van der Waals surface area contributed by atoms with Crippen molar-refractivity contribution in [1.29, 1.82) is 0 Å². The van der Waals surface area contributed by atoms with Crippen molar-refractivity contribution in [2.75, 3.05) is 0 Å². The molecule has 1 atom stereocenters. The van der Waals surface area contributed by atoms with Crippen LogP contribution in [-0.4, -0.2) is 11.5 Å². The molecule has 0 fully saturated rings. The maximum absolute atomic E-state index is 12.0. The Balaban J connectivity index is 0.00000144. The molecule has 2 nitrogen and oxygen atoms in total. The average molecular weight is 210 g/mol. The van der Waals surface area contributed by atoms with Gasteiger partial charge in [-0.3, -0.25) is 0 Å². The summed E-state index contributed by atoms with van der Waals surface area (Å²) in [7, 11) is 0. The summed E-state index contributed by atoms with van der Waals surface area (Å²) < 4.78 is 24.1. The number of phenolic OH excluding ortho intramolecular Hbond substituents is 1. The molecule has 0 amide bonds. The summed E-state index contributed by atoms with van der Waals surface area (Å²) in [6.07, 6.45) is -2.57. The fourth-order valence-corrected chi connectivity index (χ4v) is 0.842. The van der Waals surface area contributed by atoms with E-state index in [0.717, 1.165) is 0 Å². The molecule has 0 radical (unpaired) electrons. The Bertz CT molecular complexity index is 253. The highest BCUT2D eigenvalue weighted by molar-refractivity contribution is 5.85. The molecule has 0 saturated heterocycles. The zero-order chi connectivity index (χ0) is 9.14. The average Bonchev–Trinajstić information content (AvgIpc) is 2.04. The first-order valence-electron chi connectivity index (χ1n) is 3.44. The molecule has 0 saturated carbocycles. The molecular weight excluding hydrogens is 200 g/mol. The molecule has 0 aromatic heterocycles. The minimum Gasteiger partial charge on any atom is -0.508 e. The van der Waals surface area contributed by atoms with Crippen LogP contribution in [0.1, 0.15) is 11.6 Å². The van der Waals surface area contributed by atoms with Gasteiger partial charge < -0.3 is 10.8 Å². The molecular formula is C8H10ClF2NO. The zero-order valence-corrected chi connectivity index (χ0v) is 7.47. The number of rotatable bonds is 2. The van der Waals surface area contributed by atoms with Gasteiger partial charge in [0.2, 0.25) is 0 Å². The highest BCUT2D eigenvalue weighted by Crippen LogP contribution is 2.19. The van der Waals surface area contributed by atoms with Crippen LogP contribution in [0.4, 0.5) is 8.78 Å². The first-order valence-corrected chi connectivity index (χ1v) is 3.44. The topological polar surface area (TPSA) is 46.2 Å². The second-order valence-electron chi connectivity index (χ2n) is 2.45. The Morgan fingerprint density at radius 2 is 1.62 bits per heavy atom. The van der Waals surface area contributed by atoms with Gasteiger partial charge in [-0.1, -0.05) is 12.1 Å². The van der Waals surface area contributed by atoms with E-state index < -0.39 is 12.5 Å². The van der Waals surface area contributed by atoms with Crippen molar-refractivity contribution >= 4 is 12.4 Å². The molecule has 13 heavy (non-hydrogen) atoms. The predicted molar refractivity (Wildman–Crippen MR) is 48.3 cm³/mol. The molecule has 1 rings (SSSR count). The van der Waals surface area contributed by atoms with Crippen molar-refractivity contribution in [3.8, 4) is 5.75 Å². The lowest BCUT2D eigenvalue weighted by molar-refractivity contribution is 0.116. The number of halogens is 3. The highest BCUT2D eigenvalue weighted by atomic mass is 35.5. The first kappa shape index (κ1) is 12.1. The van der Waals surface area contributed by atoms with Crippen molar-refractivity contribution in [3.63, 3.8) is 0 Å². The Morgan fingerprint density at radius 3 is 2.00 bits per heavy atom. The number of hydrogen-bond acceptors (Lipinski definition) is 2. The largest absolute Gasteiger partial charge is 0.508 e. The Morgan fingerprint density at radius 1 is 1.15 bits per heavy atom. The summed E-state index contributed by atoms with van der Waals surface area (Å²) in [6.45, 7) is 0. The van der Waals surface area contributed by atoms with Gasteiger partial charge in [-0.2, -0.15) is 0 Å². The third kappa shape index (κ3) is 3.16. The number of aromatic hydroxyl groups is 1. The predicted octanol–water partition coefficient (Wildman–Crippen LogP) is 2.08. The van der Waals surface area contributed by atoms with Gasteiger partial charge in [-0.05, 0) is 17.7 Å². The molecule has 0 heterocycles. The first-order chi connectivity index (χ1) is 5.61. The van der Waals surface area contributed by atoms with Crippen molar-refractivity contribution in [2.24, 2.45) is 5.73 Å². The van der Waals surface area contributed by atoms with Crippen molar-refractivity contribution in [3.05, 3.63) is 29.8 Å². The van der Waals surface area contributed by atoms with Crippen LogP contribution in [0.3, 0.4) is 0 Å².